The first kappa shape index (κ1) is 13.4. The number of nitrogens with two attached hydrogens (primary N) is 1. The zero-order chi connectivity index (χ0) is 13.9. The molecule has 4 nitrogen and oxygen atoms in total. The van der Waals surface area contributed by atoms with E-state index in [1.807, 2.05) is 18.2 Å². The number of hydrogen-bond acceptors (Lipinski definition) is 5. The summed E-state index contributed by atoms with van der Waals surface area (Å²) < 4.78 is 11.3. The van der Waals surface area contributed by atoms with E-state index in [0.29, 0.717) is 23.9 Å². The Morgan fingerprint density at radius 3 is 2.75 bits per heavy atom. The van der Waals surface area contributed by atoms with E-state index >= 15 is 0 Å². The number of benzene rings is 1. The zero-order valence-electron chi connectivity index (χ0n) is 10.6. The lowest BCUT2D eigenvalue weighted by atomic mass is 10.3. The molecule has 1 aliphatic heterocycles. The Morgan fingerprint density at radius 2 is 1.95 bits per heavy atom. The number of fused-ring (bicyclic) bond motifs is 1. The van der Waals surface area contributed by atoms with Gasteiger partial charge in [0.15, 0.2) is 11.5 Å². The summed E-state index contributed by atoms with van der Waals surface area (Å²) in [5.74, 6) is 1.54. The number of aromatic nitrogens is 1. The average molecular weight is 309 g/mol. The van der Waals surface area contributed by atoms with Crippen LogP contribution in [-0.2, 0) is 0 Å². The lowest BCUT2D eigenvalue weighted by Crippen LogP contribution is -1.97. The molecule has 2 heterocycles. The van der Waals surface area contributed by atoms with E-state index in [9.17, 15) is 0 Å². The van der Waals surface area contributed by atoms with E-state index in [1.165, 1.54) is 11.8 Å². The van der Waals surface area contributed by atoms with Crippen molar-refractivity contribution in [3.8, 4) is 11.5 Å². The highest BCUT2D eigenvalue weighted by atomic mass is 35.5. The quantitative estimate of drug-likeness (QED) is 0.918. The Balaban J connectivity index is 1.86. The largest absolute Gasteiger partial charge is 0.490 e. The van der Waals surface area contributed by atoms with Crippen LogP contribution in [0.5, 0.6) is 11.5 Å². The SMILES string of the molecule is Nc1cnc(Sc2ccc3c(c2)OCCCO3)c(Cl)c1. The Bertz CT molecular complexity index is 637. The molecule has 1 aromatic heterocycles. The lowest BCUT2D eigenvalue weighted by molar-refractivity contribution is 0.297. The molecule has 0 saturated heterocycles. The van der Waals surface area contributed by atoms with Crippen LogP contribution in [0.1, 0.15) is 6.42 Å². The Kier molecular flexibility index (Phi) is 3.89. The van der Waals surface area contributed by atoms with Crippen molar-refractivity contribution in [2.75, 3.05) is 18.9 Å². The summed E-state index contributed by atoms with van der Waals surface area (Å²) in [5, 5.41) is 1.26. The molecular formula is C14H13ClN2O2S. The van der Waals surface area contributed by atoms with Crippen LogP contribution < -0.4 is 15.2 Å². The molecule has 1 aromatic carbocycles. The minimum absolute atomic E-state index is 0.544. The number of pyridine rings is 1. The van der Waals surface area contributed by atoms with Crippen LogP contribution in [0.25, 0.3) is 0 Å². The van der Waals surface area contributed by atoms with Crippen molar-refractivity contribution in [2.45, 2.75) is 16.3 Å². The first-order valence-electron chi connectivity index (χ1n) is 6.21. The van der Waals surface area contributed by atoms with Gasteiger partial charge in [-0.25, -0.2) is 4.98 Å². The molecule has 2 aromatic rings. The maximum Gasteiger partial charge on any atom is 0.162 e. The third-order valence-electron chi connectivity index (χ3n) is 2.76. The highest BCUT2D eigenvalue weighted by molar-refractivity contribution is 7.99. The summed E-state index contributed by atoms with van der Waals surface area (Å²) in [6.45, 7) is 1.35. The minimum Gasteiger partial charge on any atom is -0.490 e. The van der Waals surface area contributed by atoms with Gasteiger partial charge in [0.2, 0.25) is 0 Å². The van der Waals surface area contributed by atoms with Crippen LogP contribution in [0.2, 0.25) is 5.02 Å². The fourth-order valence-corrected chi connectivity index (χ4v) is 2.91. The van der Waals surface area contributed by atoms with E-state index in [4.69, 9.17) is 26.8 Å². The second-order valence-electron chi connectivity index (χ2n) is 4.32. The van der Waals surface area contributed by atoms with Gasteiger partial charge in [0.1, 0.15) is 5.03 Å². The Morgan fingerprint density at radius 1 is 1.15 bits per heavy atom. The summed E-state index contributed by atoms with van der Waals surface area (Å²) in [4.78, 5) is 5.23. The first-order valence-corrected chi connectivity index (χ1v) is 7.40. The van der Waals surface area contributed by atoms with Crippen molar-refractivity contribution in [2.24, 2.45) is 0 Å². The molecule has 3 rings (SSSR count). The highest BCUT2D eigenvalue weighted by Crippen LogP contribution is 2.38. The summed E-state index contributed by atoms with van der Waals surface area (Å²) in [7, 11) is 0. The zero-order valence-corrected chi connectivity index (χ0v) is 12.2. The maximum absolute atomic E-state index is 6.13. The van der Waals surface area contributed by atoms with Crippen molar-refractivity contribution in [1.82, 2.24) is 4.98 Å². The topological polar surface area (TPSA) is 57.4 Å². The number of hydrogen-bond donors (Lipinski definition) is 1. The number of anilines is 1. The van der Waals surface area contributed by atoms with Crippen molar-refractivity contribution in [3.05, 3.63) is 35.5 Å². The summed E-state index contributed by atoms with van der Waals surface area (Å²) in [6, 6.07) is 7.51. The van der Waals surface area contributed by atoms with Gasteiger partial charge in [-0.15, -0.1) is 0 Å². The van der Waals surface area contributed by atoms with E-state index in [0.717, 1.165) is 27.8 Å². The monoisotopic (exact) mass is 308 g/mol. The van der Waals surface area contributed by atoms with E-state index in [2.05, 4.69) is 4.98 Å². The van der Waals surface area contributed by atoms with Gasteiger partial charge in [-0.2, -0.15) is 0 Å². The fraction of sp³-hybridized carbons (Fsp3) is 0.214. The van der Waals surface area contributed by atoms with Gasteiger partial charge in [0.05, 0.1) is 30.1 Å². The molecule has 6 heteroatoms. The van der Waals surface area contributed by atoms with E-state index < -0.39 is 0 Å². The molecule has 0 atom stereocenters. The smallest absolute Gasteiger partial charge is 0.162 e. The summed E-state index contributed by atoms with van der Waals surface area (Å²) in [5.41, 5.74) is 6.19. The van der Waals surface area contributed by atoms with Gasteiger partial charge in [-0.05, 0) is 24.3 Å². The normalized spacial score (nSPS) is 13.8. The Hall–Kier alpha value is -1.59. The van der Waals surface area contributed by atoms with Crippen molar-refractivity contribution >= 4 is 29.1 Å². The van der Waals surface area contributed by atoms with Gasteiger partial charge < -0.3 is 15.2 Å². The van der Waals surface area contributed by atoms with Gasteiger partial charge in [0.25, 0.3) is 0 Å². The van der Waals surface area contributed by atoms with Crippen LogP contribution in [0, 0.1) is 0 Å². The molecule has 1 aliphatic rings. The van der Waals surface area contributed by atoms with Crippen LogP contribution in [0.15, 0.2) is 40.4 Å². The number of ether oxygens (including phenoxy) is 2. The minimum atomic E-state index is 0.544. The fourth-order valence-electron chi connectivity index (χ4n) is 1.83. The Labute approximate surface area is 126 Å². The number of rotatable bonds is 2. The molecule has 104 valence electrons. The number of nitrogen functional groups attached to an aromatic ring is 1. The highest BCUT2D eigenvalue weighted by Gasteiger charge is 2.12. The standard InChI is InChI=1S/C14H13ClN2O2S/c15-11-6-9(16)8-17-14(11)20-10-2-3-12-13(7-10)19-5-1-4-18-12/h2-3,6-8H,1,4-5,16H2. The molecule has 0 bridgehead atoms. The number of nitrogens with zero attached hydrogens (tertiary/aromatic N) is 1. The average Bonchev–Trinajstić information content (AvgIpc) is 2.66. The van der Waals surface area contributed by atoms with Gasteiger partial charge >= 0.3 is 0 Å². The molecular weight excluding hydrogens is 296 g/mol. The lowest BCUT2D eigenvalue weighted by Gasteiger charge is -2.09. The van der Waals surface area contributed by atoms with Gasteiger partial charge in [-0.1, -0.05) is 23.4 Å². The third kappa shape index (κ3) is 2.94. The molecule has 0 spiro atoms. The first-order chi connectivity index (χ1) is 9.72. The predicted molar refractivity (Wildman–Crippen MR) is 79.8 cm³/mol. The van der Waals surface area contributed by atoms with Crippen LogP contribution in [0.3, 0.4) is 0 Å². The molecule has 0 saturated carbocycles. The van der Waals surface area contributed by atoms with Gasteiger partial charge in [-0.3, -0.25) is 0 Å². The second kappa shape index (κ2) is 5.81. The van der Waals surface area contributed by atoms with Crippen LogP contribution in [-0.4, -0.2) is 18.2 Å². The van der Waals surface area contributed by atoms with Crippen molar-refractivity contribution in [1.29, 1.82) is 0 Å². The van der Waals surface area contributed by atoms with Crippen molar-refractivity contribution < 1.29 is 9.47 Å². The summed E-state index contributed by atoms with van der Waals surface area (Å²) in [6.07, 6.45) is 2.49. The molecule has 0 aliphatic carbocycles. The molecule has 20 heavy (non-hydrogen) atoms. The van der Waals surface area contributed by atoms with Crippen LogP contribution in [0.4, 0.5) is 5.69 Å². The van der Waals surface area contributed by atoms with Crippen molar-refractivity contribution in [3.63, 3.8) is 0 Å². The van der Waals surface area contributed by atoms with E-state index in [1.54, 1.807) is 12.3 Å². The van der Waals surface area contributed by atoms with E-state index in [-0.39, 0.29) is 0 Å². The molecule has 2 N–H and O–H groups in total. The third-order valence-corrected chi connectivity index (χ3v) is 4.17. The van der Waals surface area contributed by atoms with Gasteiger partial charge in [0, 0.05) is 11.3 Å². The molecule has 0 amide bonds. The summed E-state index contributed by atoms with van der Waals surface area (Å²) >= 11 is 7.60. The molecule has 0 unspecified atom stereocenters. The predicted octanol–water partition coefficient (Wildman–Crippen LogP) is 3.63. The molecule has 0 radical (unpaired) electrons. The maximum atomic E-state index is 6.13. The molecule has 0 fully saturated rings. The second-order valence-corrected chi connectivity index (χ2v) is 5.79. The number of halogens is 1. The van der Waals surface area contributed by atoms with Crippen LogP contribution >= 0.6 is 23.4 Å².